The van der Waals surface area contributed by atoms with Crippen LogP contribution in [0, 0.1) is 13.8 Å². The van der Waals surface area contributed by atoms with Gasteiger partial charge < -0.3 is 10.0 Å². The summed E-state index contributed by atoms with van der Waals surface area (Å²) >= 11 is 6.25. The van der Waals surface area contributed by atoms with Crippen molar-refractivity contribution in [3.05, 3.63) is 52.4 Å². The van der Waals surface area contributed by atoms with Gasteiger partial charge in [-0.2, -0.15) is 0 Å². The fraction of sp³-hybridized carbons (Fsp3) is 0.412. The lowest BCUT2D eigenvalue weighted by molar-refractivity contribution is 0.0117. The minimum absolute atomic E-state index is 0.630. The first-order chi connectivity index (χ1) is 10.5. The number of nitrogens with zero attached hydrogens (tertiary/aromatic N) is 3. The average molecular weight is 318 g/mol. The third-order valence-corrected chi connectivity index (χ3v) is 4.65. The third-order valence-electron chi connectivity index (χ3n) is 4.32. The van der Waals surface area contributed by atoms with Crippen LogP contribution in [0.1, 0.15) is 29.8 Å². The van der Waals surface area contributed by atoms with Gasteiger partial charge in [-0.3, -0.25) is 4.98 Å². The first kappa shape index (κ1) is 15.3. The number of rotatable bonds is 2. The summed E-state index contributed by atoms with van der Waals surface area (Å²) in [6, 6.07) is 7.55. The molecule has 0 unspecified atom stereocenters. The molecule has 116 valence electrons. The Balaban J connectivity index is 1.80. The van der Waals surface area contributed by atoms with E-state index in [0.717, 1.165) is 35.9 Å². The van der Waals surface area contributed by atoms with Gasteiger partial charge in [0, 0.05) is 29.9 Å². The van der Waals surface area contributed by atoms with Crippen molar-refractivity contribution in [3.8, 4) is 0 Å². The number of halogens is 1. The predicted octanol–water partition coefficient (Wildman–Crippen LogP) is 3.23. The molecule has 0 atom stereocenters. The first-order valence-corrected chi connectivity index (χ1v) is 7.90. The highest BCUT2D eigenvalue weighted by atomic mass is 35.5. The summed E-state index contributed by atoms with van der Waals surface area (Å²) in [5, 5.41) is 11.6. The lowest BCUT2D eigenvalue weighted by Crippen LogP contribution is -2.43. The molecule has 1 N–H and O–H groups in total. The Morgan fingerprint density at radius 3 is 2.55 bits per heavy atom. The van der Waals surface area contributed by atoms with Gasteiger partial charge in [0.15, 0.2) is 0 Å². The number of anilines is 1. The van der Waals surface area contributed by atoms with Gasteiger partial charge in [-0.25, -0.2) is 4.98 Å². The second-order valence-electron chi connectivity index (χ2n) is 5.92. The molecule has 1 aliphatic rings. The van der Waals surface area contributed by atoms with Crippen LogP contribution in [0.2, 0.25) is 5.02 Å². The standard InChI is InChI=1S/C17H20ClN3O/c1-12-11-19-13(2)16(20-12)21-9-7-17(22,8-10-21)14-5-3-4-6-15(14)18/h3-6,11,22H,7-10H2,1-2H3. The summed E-state index contributed by atoms with van der Waals surface area (Å²) in [4.78, 5) is 11.2. The first-order valence-electron chi connectivity index (χ1n) is 7.52. The van der Waals surface area contributed by atoms with E-state index in [2.05, 4.69) is 14.9 Å². The number of aliphatic hydroxyl groups is 1. The topological polar surface area (TPSA) is 49.2 Å². The van der Waals surface area contributed by atoms with Crippen LogP contribution in [-0.4, -0.2) is 28.2 Å². The molecule has 1 aromatic carbocycles. The zero-order chi connectivity index (χ0) is 15.7. The Bertz CT molecular complexity index is 681. The second-order valence-corrected chi connectivity index (χ2v) is 6.33. The minimum atomic E-state index is -0.861. The molecule has 0 radical (unpaired) electrons. The molecule has 0 spiro atoms. The van der Waals surface area contributed by atoms with E-state index < -0.39 is 5.60 Å². The molecule has 0 aliphatic carbocycles. The second kappa shape index (κ2) is 5.86. The van der Waals surface area contributed by atoms with E-state index in [1.54, 1.807) is 6.20 Å². The fourth-order valence-corrected chi connectivity index (χ4v) is 3.33. The zero-order valence-electron chi connectivity index (χ0n) is 12.9. The molecule has 0 amide bonds. The summed E-state index contributed by atoms with van der Waals surface area (Å²) in [7, 11) is 0. The molecule has 3 rings (SSSR count). The maximum atomic E-state index is 11.0. The van der Waals surface area contributed by atoms with Crippen LogP contribution in [0.3, 0.4) is 0 Å². The van der Waals surface area contributed by atoms with E-state index in [-0.39, 0.29) is 0 Å². The Hall–Kier alpha value is -1.65. The highest BCUT2D eigenvalue weighted by Gasteiger charge is 2.36. The molecule has 1 aromatic heterocycles. The summed E-state index contributed by atoms with van der Waals surface area (Å²) in [6.07, 6.45) is 3.04. The van der Waals surface area contributed by atoms with Gasteiger partial charge in [0.25, 0.3) is 0 Å². The molecular formula is C17H20ClN3O. The van der Waals surface area contributed by atoms with Crippen LogP contribution in [0.25, 0.3) is 0 Å². The SMILES string of the molecule is Cc1cnc(C)c(N2CCC(O)(c3ccccc3Cl)CC2)n1. The van der Waals surface area contributed by atoms with Crippen LogP contribution < -0.4 is 4.90 Å². The van der Waals surface area contributed by atoms with Crippen LogP contribution in [0.5, 0.6) is 0 Å². The number of piperidine rings is 1. The van der Waals surface area contributed by atoms with E-state index >= 15 is 0 Å². The number of hydrogen-bond donors (Lipinski definition) is 1. The Kier molecular flexibility index (Phi) is 4.06. The van der Waals surface area contributed by atoms with Gasteiger partial charge in [-0.15, -0.1) is 0 Å². The van der Waals surface area contributed by atoms with Gasteiger partial charge in [-0.1, -0.05) is 29.8 Å². The van der Waals surface area contributed by atoms with E-state index in [1.165, 1.54) is 0 Å². The summed E-state index contributed by atoms with van der Waals surface area (Å²) in [5.74, 6) is 0.918. The molecule has 0 bridgehead atoms. The van der Waals surface area contributed by atoms with Crippen molar-refractivity contribution in [1.82, 2.24) is 9.97 Å². The third kappa shape index (κ3) is 2.81. The van der Waals surface area contributed by atoms with Gasteiger partial charge in [0.05, 0.1) is 17.0 Å². The smallest absolute Gasteiger partial charge is 0.150 e. The fourth-order valence-electron chi connectivity index (χ4n) is 3.02. The molecule has 5 heteroatoms. The van der Waals surface area contributed by atoms with Gasteiger partial charge in [0.1, 0.15) is 5.82 Å². The molecular weight excluding hydrogens is 298 g/mol. The maximum absolute atomic E-state index is 11.0. The normalized spacial score (nSPS) is 17.5. The molecule has 22 heavy (non-hydrogen) atoms. The van der Waals surface area contributed by atoms with Crippen LogP contribution in [0.15, 0.2) is 30.5 Å². The summed E-state index contributed by atoms with van der Waals surface area (Å²) in [5.41, 5.74) is 1.80. The van der Waals surface area contributed by atoms with Crippen LogP contribution in [-0.2, 0) is 5.60 Å². The van der Waals surface area contributed by atoms with Crippen molar-refractivity contribution in [2.45, 2.75) is 32.3 Å². The van der Waals surface area contributed by atoms with Crippen molar-refractivity contribution < 1.29 is 5.11 Å². The quantitative estimate of drug-likeness (QED) is 0.924. The molecule has 1 aliphatic heterocycles. The zero-order valence-corrected chi connectivity index (χ0v) is 13.6. The lowest BCUT2D eigenvalue weighted by Gasteiger charge is -2.39. The largest absolute Gasteiger partial charge is 0.385 e. The number of aryl methyl sites for hydroxylation is 2. The van der Waals surface area contributed by atoms with Crippen molar-refractivity contribution in [1.29, 1.82) is 0 Å². The Morgan fingerprint density at radius 2 is 1.86 bits per heavy atom. The van der Waals surface area contributed by atoms with Gasteiger partial charge >= 0.3 is 0 Å². The Morgan fingerprint density at radius 1 is 1.18 bits per heavy atom. The van der Waals surface area contributed by atoms with E-state index in [0.29, 0.717) is 17.9 Å². The number of aromatic nitrogens is 2. The van der Waals surface area contributed by atoms with Gasteiger partial charge in [0.2, 0.25) is 0 Å². The maximum Gasteiger partial charge on any atom is 0.150 e. The predicted molar refractivity (Wildman–Crippen MR) is 88.3 cm³/mol. The van der Waals surface area contributed by atoms with E-state index in [1.807, 2.05) is 38.1 Å². The average Bonchev–Trinajstić information content (AvgIpc) is 2.51. The molecule has 1 fully saturated rings. The van der Waals surface area contributed by atoms with Crippen molar-refractivity contribution in [2.24, 2.45) is 0 Å². The Labute approximate surface area is 135 Å². The van der Waals surface area contributed by atoms with Crippen molar-refractivity contribution >= 4 is 17.4 Å². The van der Waals surface area contributed by atoms with E-state index in [9.17, 15) is 5.11 Å². The number of benzene rings is 1. The molecule has 0 saturated carbocycles. The highest BCUT2D eigenvalue weighted by Crippen LogP contribution is 2.37. The number of hydrogen-bond acceptors (Lipinski definition) is 4. The van der Waals surface area contributed by atoms with E-state index in [4.69, 9.17) is 11.6 Å². The summed E-state index contributed by atoms with van der Waals surface area (Å²) in [6.45, 7) is 5.39. The minimum Gasteiger partial charge on any atom is -0.385 e. The van der Waals surface area contributed by atoms with Crippen LogP contribution >= 0.6 is 11.6 Å². The molecule has 1 saturated heterocycles. The molecule has 2 heterocycles. The lowest BCUT2D eigenvalue weighted by atomic mass is 9.84. The molecule has 4 nitrogen and oxygen atoms in total. The summed E-state index contributed by atoms with van der Waals surface area (Å²) < 4.78 is 0. The van der Waals surface area contributed by atoms with Gasteiger partial charge in [-0.05, 0) is 32.8 Å². The van der Waals surface area contributed by atoms with Crippen molar-refractivity contribution in [2.75, 3.05) is 18.0 Å². The molecule has 2 aromatic rings. The monoisotopic (exact) mass is 317 g/mol. The highest BCUT2D eigenvalue weighted by molar-refractivity contribution is 6.31. The van der Waals surface area contributed by atoms with Crippen molar-refractivity contribution in [3.63, 3.8) is 0 Å². The van der Waals surface area contributed by atoms with Crippen LogP contribution in [0.4, 0.5) is 5.82 Å².